The van der Waals surface area contributed by atoms with Gasteiger partial charge in [-0.3, -0.25) is 19.6 Å². The molecule has 2 amide bonds. The molecule has 0 atom stereocenters. The molecule has 0 radical (unpaired) electrons. The summed E-state index contributed by atoms with van der Waals surface area (Å²) in [5.74, 6) is -2.32. The van der Waals surface area contributed by atoms with Crippen molar-refractivity contribution >= 4 is 17.6 Å². The highest BCUT2D eigenvalue weighted by molar-refractivity contribution is 6.35. The van der Waals surface area contributed by atoms with E-state index in [9.17, 15) is 14.4 Å². The Balaban J connectivity index is 3.63. The van der Waals surface area contributed by atoms with Crippen LogP contribution in [0.25, 0.3) is 0 Å². The van der Waals surface area contributed by atoms with E-state index in [1.165, 1.54) is 5.48 Å². The summed E-state index contributed by atoms with van der Waals surface area (Å²) in [6.45, 7) is 0.668. The van der Waals surface area contributed by atoms with E-state index in [2.05, 4.69) is 0 Å². The largest absolute Gasteiger partial charge is 0.340 e. The van der Waals surface area contributed by atoms with Gasteiger partial charge in [0.1, 0.15) is 0 Å². The average Bonchev–Trinajstić information content (AvgIpc) is 1.99. The molecule has 3 N–H and O–H groups in total. The lowest BCUT2D eigenvalue weighted by Crippen LogP contribution is -2.38. The third-order valence-electron chi connectivity index (χ3n) is 0.854. The molecule has 0 aliphatic rings. The smallest absolute Gasteiger partial charge is 0.287 e. The van der Waals surface area contributed by atoms with Crippen LogP contribution in [0.1, 0.15) is 6.92 Å². The molecule has 0 aromatic heterocycles. The number of hydrogen-bond acceptors (Lipinski definition) is 4. The van der Waals surface area contributed by atoms with Crippen LogP contribution in [-0.4, -0.2) is 29.3 Å². The molecular formula is C5H8N2O4. The van der Waals surface area contributed by atoms with Gasteiger partial charge in [-0.2, -0.15) is 0 Å². The van der Waals surface area contributed by atoms with E-state index >= 15 is 0 Å². The molecule has 0 saturated heterocycles. The average molecular weight is 160 g/mol. The quantitative estimate of drug-likeness (QED) is 0.258. The number of ketones is 1. The van der Waals surface area contributed by atoms with Crippen molar-refractivity contribution < 1.29 is 19.6 Å². The number of rotatable bonds is 3. The molecule has 0 saturated carbocycles. The molecule has 0 aliphatic heterocycles. The first-order chi connectivity index (χ1) is 5.07. The first-order valence-electron chi connectivity index (χ1n) is 2.79. The predicted octanol–water partition coefficient (Wildman–Crippen LogP) is -1.80. The minimum Gasteiger partial charge on any atom is -0.340 e. The highest BCUT2D eigenvalue weighted by atomic mass is 16.5. The minimum absolute atomic E-state index is 0.408. The highest BCUT2D eigenvalue weighted by Gasteiger charge is 2.07. The first-order valence-corrected chi connectivity index (χ1v) is 2.79. The molecule has 11 heavy (non-hydrogen) atoms. The van der Waals surface area contributed by atoms with Crippen LogP contribution in [0, 0.1) is 0 Å². The van der Waals surface area contributed by atoms with Crippen molar-refractivity contribution in [2.24, 2.45) is 0 Å². The lowest BCUT2D eigenvalue weighted by atomic mass is 10.4. The van der Waals surface area contributed by atoms with Gasteiger partial charge in [0.25, 0.3) is 11.8 Å². The summed E-state index contributed by atoms with van der Waals surface area (Å²) in [6, 6.07) is 0. The highest BCUT2D eigenvalue weighted by Crippen LogP contribution is 1.68. The van der Waals surface area contributed by atoms with Gasteiger partial charge < -0.3 is 5.32 Å². The molecule has 0 aromatic rings. The van der Waals surface area contributed by atoms with E-state index in [1.54, 1.807) is 0 Å². The monoisotopic (exact) mass is 160 g/mol. The summed E-state index contributed by atoms with van der Waals surface area (Å²) in [6.07, 6.45) is 0. The third-order valence-corrected chi connectivity index (χ3v) is 0.854. The Labute approximate surface area is 62.5 Å². The standard InChI is InChI=1S/C5H8N2O4/c1-3(8)5(10)6-2-4(9)7-11/h11H,2H2,1H3,(H,6,10)(H,7,9). The van der Waals surface area contributed by atoms with Crippen LogP contribution in [0.3, 0.4) is 0 Å². The number of hydroxylamine groups is 1. The van der Waals surface area contributed by atoms with Crippen molar-refractivity contribution in [1.82, 2.24) is 10.8 Å². The van der Waals surface area contributed by atoms with Crippen molar-refractivity contribution in [3.63, 3.8) is 0 Å². The molecule has 0 bridgehead atoms. The fraction of sp³-hybridized carbons (Fsp3) is 0.400. The predicted molar refractivity (Wildman–Crippen MR) is 33.6 cm³/mol. The topological polar surface area (TPSA) is 95.5 Å². The summed E-state index contributed by atoms with van der Waals surface area (Å²) < 4.78 is 0. The second-order valence-corrected chi connectivity index (χ2v) is 1.77. The second kappa shape index (κ2) is 4.40. The molecule has 0 fully saturated rings. The molecule has 0 spiro atoms. The van der Waals surface area contributed by atoms with E-state index < -0.39 is 24.1 Å². The van der Waals surface area contributed by atoms with Gasteiger partial charge in [0, 0.05) is 6.92 Å². The fourth-order valence-corrected chi connectivity index (χ4v) is 0.325. The summed E-state index contributed by atoms with van der Waals surface area (Å²) in [4.78, 5) is 30.9. The maximum Gasteiger partial charge on any atom is 0.287 e. The van der Waals surface area contributed by atoms with E-state index in [4.69, 9.17) is 5.21 Å². The Morgan fingerprint density at radius 1 is 1.36 bits per heavy atom. The van der Waals surface area contributed by atoms with Gasteiger partial charge >= 0.3 is 0 Å². The maximum absolute atomic E-state index is 10.4. The number of amides is 2. The van der Waals surface area contributed by atoms with Crippen LogP contribution in [0.4, 0.5) is 0 Å². The Kier molecular flexibility index (Phi) is 3.82. The minimum atomic E-state index is -0.853. The molecule has 6 nitrogen and oxygen atoms in total. The zero-order valence-electron chi connectivity index (χ0n) is 5.88. The van der Waals surface area contributed by atoms with Gasteiger partial charge in [0.15, 0.2) is 0 Å². The molecular weight excluding hydrogens is 152 g/mol. The zero-order valence-corrected chi connectivity index (χ0v) is 5.88. The van der Waals surface area contributed by atoms with Crippen molar-refractivity contribution in [2.45, 2.75) is 6.92 Å². The number of hydrogen-bond donors (Lipinski definition) is 3. The van der Waals surface area contributed by atoms with Crippen LogP contribution < -0.4 is 10.8 Å². The number of Topliss-reactive ketones (excluding diaryl/α,β-unsaturated/α-hetero) is 1. The van der Waals surface area contributed by atoms with Crippen molar-refractivity contribution in [3.05, 3.63) is 0 Å². The molecule has 0 unspecified atom stereocenters. The summed E-state index contributed by atoms with van der Waals surface area (Å²) in [5, 5.41) is 9.92. The molecule has 0 heterocycles. The first kappa shape index (κ1) is 9.57. The normalized spacial score (nSPS) is 8.55. The third kappa shape index (κ3) is 4.04. The van der Waals surface area contributed by atoms with Crippen molar-refractivity contribution in [1.29, 1.82) is 0 Å². The van der Waals surface area contributed by atoms with E-state index in [1.807, 2.05) is 5.32 Å². The van der Waals surface area contributed by atoms with Gasteiger partial charge in [0.2, 0.25) is 5.78 Å². The number of nitrogens with one attached hydrogen (secondary N) is 2. The van der Waals surface area contributed by atoms with Gasteiger partial charge in [0.05, 0.1) is 6.54 Å². The van der Waals surface area contributed by atoms with E-state index in [0.717, 1.165) is 6.92 Å². The molecule has 0 aliphatic carbocycles. The number of carbonyl (C=O) groups excluding carboxylic acids is 3. The van der Waals surface area contributed by atoms with E-state index in [0.29, 0.717) is 0 Å². The van der Waals surface area contributed by atoms with Crippen LogP contribution in [0.15, 0.2) is 0 Å². The zero-order chi connectivity index (χ0) is 8.85. The van der Waals surface area contributed by atoms with E-state index in [-0.39, 0.29) is 0 Å². The van der Waals surface area contributed by atoms with Gasteiger partial charge in [-0.25, -0.2) is 5.48 Å². The molecule has 62 valence electrons. The Bertz CT molecular complexity index is 189. The van der Waals surface area contributed by atoms with Crippen molar-refractivity contribution in [2.75, 3.05) is 6.54 Å². The molecule has 6 heteroatoms. The van der Waals surface area contributed by atoms with Crippen LogP contribution in [0.2, 0.25) is 0 Å². The number of carbonyl (C=O) groups is 3. The molecule has 0 aromatic carbocycles. The van der Waals surface area contributed by atoms with Gasteiger partial charge in [-0.1, -0.05) is 0 Å². The van der Waals surface area contributed by atoms with Gasteiger partial charge in [-0.15, -0.1) is 0 Å². The lowest BCUT2D eigenvalue weighted by molar-refractivity contribution is -0.138. The Morgan fingerprint density at radius 2 is 1.91 bits per heavy atom. The molecule has 0 rings (SSSR count). The Hall–Kier alpha value is -1.43. The second-order valence-electron chi connectivity index (χ2n) is 1.77. The maximum atomic E-state index is 10.4. The SMILES string of the molecule is CC(=O)C(=O)NCC(=O)NO. The van der Waals surface area contributed by atoms with Crippen LogP contribution in [-0.2, 0) is 14.4 Å². The Morgan fingerprint density at radius 3 is 2.27 bits per heavy atom. The lowest BCUT2D eigenvalue weighted by Gasteiger charge is -1.98. The van der Waals surface area contributed by atoms with Gasteiger partial charge in [-0.05, 0) is 0 Å². The summed E-state index contributed by atoms with van der Waals surface area (Å²) in [5.41, 5.74) is 1.29. The van der Waals surface area contributed by atoms with Crippen LogP contribution in [0.5, 0.6) is 0 Å². The van der Waals surface area contributed by atoms with Crippen LogP contribution >= 0.6 is 0 Å². The van der Waals surface area contributed by atoms with Crippen molar-refractivity contribution in [3.8, 4) is 0 Å². The fourth-order valence-electron chi connectivity index (χ4n) is 0.325. The summed E-state index contributed by atoms with van der Waals surface area (Å²) >= 11 is 0. The summed E-state index contributed by atoms with van der Waals surface area (Å²) in [7, 11) is 0.